The van der Waals surface area contributed by atoms with Crippen molar-refractivity contribution in [3.05, 3.63) is 48.0 Å². The highest BCUT2D eigenvalue weighted by atomic mass is 32.2. The van der Waals surface area contributed by atoms with Gasteiger partial charge in [0.15, 0.2) is 0 Å². The molecule has 1 aliphatic carbocycles. The standard InChI is InChI=1S/C25H29F3N4O4S/c1-15-11-18(14-24(2,3)13-15)32-21-12-16(22(33)31-37(4,34)35)5-10-20(21)30-23(32)29-17-6-8-19(9-7-17)36-25(26,27)28/h5-10,12,15,18H,11,13-14H2,1-4H3,(H,29,30)(H,31,33). The van der Waals surface area contributed by atoms with E-state index in [9.17, 15) is 26.4 Å². The first-order valence-corrected chi connectivity index (χ1v) is 13.6. The molecule has 2 aromatic carbocycles. The lowest BCUT2D eigenvalue weighted by molar-refractivity contribution is -0.274. The molecule has 2 atom stereocenters. The molecule has 1 fully saturated rings. The van der Waals surface area contributed by atoms with Crippen LogP contribution in [-0.4, -0.2) is 36.5 Å². The van der Waals surface area contributed by atoms with E-state index in [4.69, 9.17) is 4.98 Å². The Hall–Kier alpha value is -3.28. The molecule has 0 aliphatic heterocycles. The van der Waals surface area contributed by atoms with Crippen LogP contribution in [0.2, 0.25) is 0 Å². The Labute approximate surface area is 213 Å². The number of rotatable bonds is 6. The minimum absolute atomic E-state index is 0.0207. The van der Waals surface area contributed by atoms with E-state index in [0.29, 0.717) is 28.6 Å². The van der Waals surface area contributed by atoms with Crippen LogP contribution in [0.3, 0.4) is 0 Å². The third-order valence-corrected chi connectivity index (χ3v) is 6.86. The molecule has 1 saturated carbocycles. The fourth-order valence-corrected chi connectivity index (χ4v) is 5.74. The maximum Gasteiger partial charge on any atom is 0.573 e. The molecule has 1 heterocycles. The van der Waals surface area contributed by atoms with E-state index in [-0.39, 0.29) is 22.8 Å². The van der Waals surface area contributed by atoms with Gasteiger partial charge in [-0.2, -0.15) is 0 Å². The van der Waals surface area contributed by atoms with Crippen molar-refractivity contribution in [3.8, 4) is 5.75 Å². The Bertz CT molecular complexity index is 1420. The molecule has 2 N–H and O–H groups in total. The predicted octanol–water partition coefficient (Wildman–Crippen LogP) is 5.76. The zero-order valence-corrected chi connectivity index (χ0v) is 21.7. The Morgan fingerprint density at radius 3 is 2.41 bits per heavy atom. The first kappa shape index (κ1) is 26.8. The van der Waals surface area contributed by atoms with Crippen molar-refractivity contribution in [2.45, 2.75) is 52.4 Å². The van der Waals surface area contributed by atoms with Crippen molar-refractivity contribution < 1.29 is 31.1 Å². The van der Waals surface area contributed by atoms with Gasteiger partial charge in [0.1, 0.15) is 5.75 Å². The highest BCUT2D eigenvalue weighted by molar-refractivity contribution is 7.89. The number of ether oxygens (including phenoxy) is 1. The van der Waals surface area contributed by atoms with Gasteiger partial charge in [-0.25, -0.2) is 18.1 Å². The van der Waals surface area contributed by atoms with E-state index in [0.717, 1.165) is 25.5 Å². The van der Waals surface area contributed by atoms with Crippen LogP contribution >= 0.6 is 0 Å². The number of halogens is 3. The van der Waals surface area contributed by atoms with Gasteiger partial charge in [-0.15, -0.1) is 13.2 Å². The number of benzene rings is 2. The lowest BCUT2D eigenvalue weighted by Gasteiger charge is -2.40. The summed E-state index contributed by atoms with van der Waals surface area (Å²) in [6.45, 7) is 6.59. The molecule has 0 saturated heterocycles. The van der Waals surface area contributed by atoms with Crippen molar-refractivity contribution in [2.75, 3.05) is 11.6 Å². The summed E-state index contributed by atoms with van der Waals surface area (Å²) in [5, 5.41) is 3.20. The summed E-state index contributed by atoms with van der Waals surface area (Å²) in [6, 6.07) is 10.1. The van der Waals surface area contributed by atoms with Crippen LogP contribution in [0, 0.1) is 11.3 Å². The third kappa shape index (κ3) is 6.73. The molecule has 1 aromatic heterocycles. The highest BCUT2D eigenvalue weighted by Gasteiger charge is 2.35. The predicted molar refractivity (Wildman–Crippen MR) is 134 cm³/mol. The largest absolute Gasteiger partial charge is 0.573 e. The number of alkyl halides is 3. The van der Waals surface area contributed by atoms with E-state index in [1.807, 2.05) is 9.29 Å². The second-order valence-electron chi connectivity index (χ2n) is 10.5. The van der Waals surface area contributed by atoms with Gasteiger partial charge >= 0.3 is 6.36 Å². The van der Waals surface area contributed by atoms with Crippen LogP contribution in [0.5, 0.6) is 5.75 Å². The van der Waals surface area contributed by atoms with Crippen LogP contribution in [0.25, 0.3) is 11.0 Å². The quantitative estimate of drug-likeness (QED) is 0.414. The van der Waals surface area contributed by atoms with Crippen molar-refractivity contribution >= 4 is 38.6 Å². The smallest absolute Gasteiger partial charge is 0.406 e. The van der Waals surface area contributed by atoms with Crippen LogP contribution in [0.4, 0.5) is 24.8 Å². The summed E-state index contributed by atoms with van der Waals surface area (Å²) in [6.07, 6.45) is -1.11. The van der Waals surface area contributed by atoms with Crippen molar-refractivity contribution in [3.63, 3.8) is 0 Å². The van der Waals surface area contributed by atoms with Crippen LogP contribution in [-0.2, 0) is 10.0 Å². The number of carbonyl (C=O) groups excluding carboxylic acids is 1. The molecule has 4 rings (SSSR count). The van der Waals surface area contributed by atoms with Gasteiger partial charge in [-0.05, 0) is 73.1 Å². The number of nitrogens with one attached hydrogen (secondary N) is 2. The number of fused-ring (bicyclic) bond motifs is 1. The maximum absolute atomic E-state index is 12.5. The molecular formula is C25H29F3N4O4S. The van der Waals surface area contributed by atoms with E-state index in [1.165, 1.54) is 30.3 Å². The minimum Gasteiger partial charge on any atom is -0.406 e. The van der Waals surface area contributed by atoms with Crippen LogP contribution in [0.15, 0.2) is 42.5 Å². The number of imidazole rings is 1. The zero-order valence-electron chi connectivity index (χ0n) is 20.9. The number of carbonyl (C=O) groups is 1. The minimum atomic E-state index is -4.78. The van der Waals surface area contributed by atoms with Gasteiger partial charge in [-0.1, -0.05) is 20.8 Å². The first-order valence-electron chi connectivity index (χ1n) is 11.8. The van der Waals surface area contributed by atoms with Gasteiger partial charge < -0.3 is 14.6 Å². The summed E-state index contributed by atoms with van der Waals surface area (Å²) < 4.78 is 68.7. The topological polar surface area (TPSA) is 102 Å². The lowest BCUT2D eigenvalue weighted by Crippen LogP contribution is -2.30. The van der Waals surface area contributed by atoms with E-state index >= 15 is 0 Å². The molecular weight excluding hydrogens is 509 g/mol. The molecule has 1 amide bonds. The molecule has 37 heavy (non-hydrogen) atoms. The summed E-state index contributed by atoms with van der Waals surface area (Å²) in [4.78, 5) is 17.3. The fraction of sp³-hybridized carbons (Fsp3) is 0.440. The number of sulfonamides is 1. The number of nitrogens with zero attached hydrogens (tertiary/aromatic N) is 2. The Balaban J connectivity index is 1.76. The third-order valence-electron chi connectivity index (χ3n) is 6.30. The molecule has 12 heteroatoms. The molecule has 200 valence electrons. The SMILES string of the molecule is CC1CC(n2c(Nc3ccc(OC(F)(F)F)cc3)nc3ccc(C(=O)NS(C)(=O)=O)cc32)CC(C)(C)C1. The monoisotopic (exact) mass is 538 g/mol. The van der Waals surface area contributed by atoms with Crippen LogP contribution < -0.4 is 14.8 Å². The second-order valence-corrected chi connectivity index (χ2v) is 12.2. The van der Waals surface area contributed by atoms with Crippen molar-refractivity contribution in [1.82, 2.24) is 14.3 Å². The average Bonchev–Trinajstić information content (AvgIpc) is 3.08. The fourth-order valence-electron chi connectivity index (χ4n) is 5.28. The summed E-state index contributed by atoms with van der Waals surface area (Å²) >= 11 is 0. The average molecular weight is 539 g/mol. The molecule has 0 radical (unpaired) electrons. The van der Waals surface area contributed by atoms with Gasteiger partial charge in [0.05, 0.1) is 17.3 Å². The second kappa shape index (κ2) is 9.55. The Morgan fingerprint density at radius 2 is 1.81 bits per heavy atom. The highest BCUT2D eigenvalue weighted by Crippen LogP contribution is 2.46. The van der Waals surface area contributed by atoms with Crippen LogP contribution in [0.1, 0.15) is 56.4 Å². The zero-order chi connectivity index (χ0) is 27.2. The summed E-state index contributed by atoms with van der Waals surface area (Å²) in [7, 11) is -3.74. The molecule has 2 unspecified atom stereocenters. The van der Waals surface area contributed by atoms with Crippen molar-refractivity contribution in [1.29, 1.82) is 0 Å². The van der Waals surface area contributed by atoms with Gasteiger partial charge in [-0.3, -0.25) is 4.79 Å². The van der Waals surface area contributed by atoms with Gasteiger partial charge in [0, 0.05) is 17.3 Å². The molecule has 0 bridgehead atoms. The van der Waals surface area contributed by atoms with Gasteiger partial charge in [0.2, 0.25) is 16.0 Å². The van der Waals surface area contributed by atoms with E-state index < -0.39 is 22.3 Å². The molecule has 1 aliphatic rings. The molecule has 3 aromatic rings. The van der Waals surface area contributed by atoms with E-state index in [1.54, 1.807) is 12.1 Å². The molecule has 8 nitrogen and oxygen atoms in total. The summed E-state index contributed by atoms with van der Waals surface area (Å²) in [5.74, 6) is -0.190. The first-order chi connectivity index (χ1) is 17.1. The summed E-state index contributed by atoms with van der Waals surface area (Å²) in [5.41, 5.74) is 1.96. The van der Waals surface area contributed by atoms with E-state index in [2.05, 4.69) is 30.8 Å². The maximum atomic E-state index is 12.5. The Morgan fingerprint density at radius 1 is 1.14 bits per heavy atom. The number of hydrogen-bond donors (Lipinski definition) is 2. The lowest BCUT2D eigenvalue weighted by atomic mass is 9.70. The number of aromatic nitrogens is 2. The van der Waals surface area contributed by atoms with Gasteiger partial charge in [0.25, 0.3) is 5.91 Å². The number of anilines is 2. The Kier molecular flexibility index (Phi) is 6.91. The molecule has 0 spiro atoms. The number of amides is 1. The number of hydrogen-bond acceptors (Lipinski definition) is 6. The van der Waals surface area contributed by atoms with Crippen molar-refractivity contribution in [2.24, 2.45) is 11.3 Å². The normalized spacial score (nSPS) is 20.0.